The van der Waals surface area contributed by atoms with Gasteiger partial charge in [0.05, 0.1) is 17.5 Å². The Balaban J connectivity index is 1.46. The minimum atomic E-state index is -0.158. The summed E-state index contributed by atoms with van der Waals surface area (Å²) in [6, 6.07) is 5.27. The summed E-state index contributed by atoms with van der Waals surface area (Å²) in [5.74, 6) is 1.32. The van der Waals surface area contributed by atoms with Crippen LogP contribution in [-0.2, 0) is 6.42 Å². The number of pyridine rings is 1. The van der Waals surface area contributed by atoms with Gasteiger partial charge in [-0.25, -0.2) is 9.97 Å². The highest BCUT2D eigenvalue weighted by molar-refractivity contribution is 6.11. The molecule has 9 nitrogen and oxygen atoms in total. The lowest BCUT2D eigenvalue weighted by molar-refractivity contribution is -0.412. The van der Waals surface area contributed by atoms with Crippen molar-refractivity contribution < 1.29 is 4.68 Å². The lowest BCUT2D eigenvalue weighted by atomic mass is 10.2. The van der Waals surface area contributed by atoms with Gasteiger partial charge in [-0.05, 0) is 37.4 Å². The van der Waals surface area contributed by atoms with Crippen molar-refractivity contribution in [2.24, 2.45) is 15.1 Å². The molecule has 0 aromatic carbocycles. The summed E-state index contributed by atoms with van der Waals surface area (Å²) in [6.07, 6.45) is 3.65. The molecule has 0 amide bonds. The van der Waals surface area contributed by atoms with E-state index < -0.39 is 0 Å². The van der Waals surface area contributed by atoms with Gasteiger partial charge in [0.25, 0.3) is 5.56 Å². The summed E-state index contributed by atoms with van der Waals surface area (Å²) >= 11 is 0. The first-order valence-corrected chi connectivity index (χ1v) is 8.77. The van der Waals surface area contributed by atoms with Crippen LogP contribution in [0.2, 0.25) is 0 Å². The number of nitrogens with zero attached hydrogens (tertiary/aromatic N) is 7. The van der Waals surface area contributed by atoms with Crippen molar-refractivity contribution >= 4 is 39.9 Å². The highest BCUT2D eigenvalue weighted by atomic mass is 16.1. The highest BCUT2D eigenvalue weighted by Gasteiger charge is 2.30. The third-order valence-corrected chi connectivity index (χ3v) is 4.64. The minimum absolute atomic E-state index is 0.158. The topological polar surface area (TPSA) is 103 Å². The smallest absolute Gasteiger partial charge is 0.272 e. The van der Waals surface area contributed by atoms with Gasteiger partial charge < -0.3 is 0 Å². The van der Waals surface area contributed by atoms with E-state index in [9.17, 15) is 4.79 Å². The molecule has 2 aliphatic rings. The number of aryl methyl sites for hydroxylation is 1. The Morgan fingerprint density at radius 2 is 2.15 bits per heavy atom. The number of rotatable bonds is 3. The quantitative estimate of drug-likeness (QED) is 0.715. The number of fused-ring (bicyclic) bond motifs is 4. The van der Waals surface area contributed by atoms with Crippen molar-refractivity contribution in [3.8, 4) is 0 Å². The van der Waals surface area contributed by atoms with Crippen LogP contribution in [0.15, 0.2) is 44.3 Å². The van der Waals surface area contributed by atoms with Crippen molar-refractivity contribution in [3.05, 3.63) is 40.4 Å². The third-order valence-electron chi connectivity index (χ3n) is 4.64. The normalized spacial score (nSPS) is 16.6. The number of nitrogens with one attached hydrogen (secondary N) is 1. The molecule has 0 saturated carbocycles. The molecule has 0 fully saturated rings. The molecule has 0 aliphatic carbocycles. The number of hydrogen-bond acceptors (Lipinski definition) is 6. The fourth-order valence-corrected chi connectivity index (χ4v) is 3.40. The molecule has 9 heteroatoms. The first-order chi connectivity index (χ1) is 13.1. The van der Waals surface area contributed by atoms with Gasteiger partial charge in [0.2, 0.25) is 5.84 Å². The molecular formula is C18H17N8O+. The number of aromatic amines is 1. The van der Waals surface area contributed by atoms with Crippen LogP contribution in [-0.4, -0.2) is 47.5 Å². The Bertz CT molecular complexity index is 1290. The maximum absolute atomic E-state index is 12.4. The molecule has 5 rings (SSSR count). The second-order valence-electron chi connectivity index (χ2n) is 6.76. The van der Waals surface area contributed by atoms with Crippen molar-refractivity contribution in [3.63, 3.8) is 0 Å². The monoisotopic (exact) mass is 361 g/mol. The predicted molar refractivity (Wildman–Crippen MR) is 103 cm³/mol. The predicted octanol–water partition coefficient (Wildman–Crippen LogP) is 1.52. The van der Waals surface area contributed by atoms with Crippen LogP contribution in [0.5, 0.6) is 0 Å². The number of aliphatic imine (C=N–C) groups is 2. The van der Waals surface area contributed by atoms with E-state index in [0.29, 0.717) is 41.6 Å². The number of amidine groups is 1. The Hall–Kier alpha value is -3.49. The Kier molecular flexibility index (Phi) is 3.36. The average Bonchev–Trinajstić information content (AvgIpc) is 3.22. The number of guanidine groups is 1. The molecule has 0 unspecified atom stereocenters. The van der Waals surface area contributed by atoms with Crippen LogP contribution in [0.4, 0.5) is 0 Å². The lowest BCUT2D eigenvalue weighted by Gasteiger charge is -2.04. The molecule has 0 atom stereocenters. The maximum Gasteiger partial charge on any atom is 0.458 e. The number of hydrogen-bond donors (Lipinski definition) is 1. The van der Waals surface area contributed by atoms with Crippen LogP contribution >= 0.6 is 0 Å². The van der Waals surface area contributed by atoms with E-state index in [4.69, 9.17) is 0 Å². The molecule has 1 N–H and O–H groups in total. The first kappa shape index (κ1) is 15.7. The molecule has 27 heavy (non-hydrogen) atoms. The van der Waals surface area contributed by atoms with E-state index in [0.717, 1.165) is 23.2 Å². The van der Waals surface area contributed by atoms with E-state index in [2.05, 4.69) is 30.2 Å². The zero-order valence-corrected chi connectivity index (χ0v) is 15.0. The molecular weight excluding hydrogens is 344 g/mol. The fourth-order valence-electron chi connectivity index (χ4n) is 3.40. The van der Waals surface area contributed by atoms with Gasteiger partial charge in [-0.2, -0.15) is 4.52 Å². The SMILES string of the molecule is CC1=NC2=NC(CCc3cc(=O)n4[nH]c5ncccc5c4n3)=N[N+]2=C(C)C1. The van der Waals surface area contributed by atoms with Gasteiger partial charge in [0, 0.05) is 24.4 Å². The summed E-state index contributed by atoms with van der Waals surface area (Å²) in [7, 11) is 0. The second kappa shape index (κ2) is 5.76. The van der Waals surface area contributed by atoms with Gasteiger partial charge in [-0.1, -0.05) is 10.1 Å². The highest BCUT2D eigenvalue weighted by Crippen LogP contribution is 2.16. The molecule has 134 valence electrons. The first-order valence-electron chi connectivity index (χ1n) is 8.77. The molecule has 3 aromatic rings. The van der Waals surface area contributed by atoms with Crippen LogP contribution in [0.3, 0.4) is 0 Å². The van der Waals surface area contributed by atoms with Crippen molar-refractivity contribution in [1.82, 2.24) is 19.6 Å². The molecule has 5 heterocycles. The zero-order chi connectivity index (χ0) is 18.5. The number of H-pyrrole nitrogens is 1. The standard InChI is InChI=1S/C18H16N8O/c1-10-8-11(2)25-18(20-10)22-14(23-25)6-5-12-9-15(27)26-17(21-12)13-4-3-7-19-16(13)24-26/h3-4,7,9H,5-6,8H2,1-2H3/p+1. The summed E-state index contributed by atoms with van der Waals surface area (Å²) in [5, 5.41) is 8.34. The summed E-state index contributed by atoms with van der Waals surface area (Å²) in [4.78, 5) is 30.3. The molecule has 0 saturated heterocycles. The van der Waals surface area contributed by atoms with Gasteiger partial charge in [0.15, 0.2) is 11.3 Å². The van der Waals surface area contributed by atoms with E-state index >= 15 is 0 Å². The van der Waals surface area contributed by atoms with E-state index in [1.807, 2.05) is 26.0 Å². The number of aromatic nitrogens is 4. The van der Waals surface area contributed by atoms with Gasteiger partial charge >= 0.3 is 5.96 Å². The Morgan fingerprint density at radius 3 is 3.04 bits per heavy atom. The molecule has 2 aliphatic heterocycles. The van der Waals surface area contributed by atoms with Crippen molar-refractivity contribution in [2.75, 3.05) is 0 Å². The van der Waals surface area contributed by atoms with Crippen LogP contribution in [0.25, 0.3) is 16.7 Å². The van der Waals surface area contributed by atoms with Crippen molar-refractivity contribution in [2.45, 2.75) is 33.1 Å². The van der Waals surface area contributed by atoms with Crippen LogP contribution in [0.1, 0.15) is 32.4 Å². The molecule has 0 spiro atoms. The van der Waals surface area contributed by atoms with Crippen LogP contribution < -0.4 is 5.56 Å². The molecule has 3 aromatic heterocycles. The molecule has 0 radical (unpaired) electrons. The fraction of sp³-hybridized carbons (Fsp3) is 0.278. The van der Waals surface area contributed by atoms with Crippen molar-refractivity contribution in [1.29, 1.82) is 0 Å². The molecule has 0 bridgehead atoms. The van der Waals surface area contributed by atoms with Crippen LogP contribution in [0, 0.1) is 0 Å². The third kappa shape index (κ3) is 2.59. The average molecular weight is 361 g/mol. The Labute approximate surface area is 153 Å². The number of hydrazone groups is 1. The summed E-state index contributed by atoms with van der Waals surface area (Å²) < 4.78 is 3.21. The summed E-state index contributed by atoms with van der Waals surface area (Å²) in [5.41, 5.74) is 3.92. The van der Waals surface area contributed by atoms with E-state index in [-0.39, 0.29) is 5.56 Å². The second-order valence-corrected chi connectivity index (χ2v) is 6.76. The lowest BCUT2D eigenvalue weighted by Crippen LogP contribution is -2.25. The van der Waals surface area contributed by atoms with Gasteiger partial charge in [-0.15, -0.1) is 4.68 Å². The largest absolute Gasteiger partial charge is 0.458 e. The van der Waals surface area contributed by atoms with E-state index in [1.54, 1.807) is 10.9 Å². The van der Waals surface area contributed by atoms with E-state index in [1.165, 1.54) is 10.6 Å². The zero-order valence-electron chi connectivity index (χ0n) is 15.0. The van der Waals surface area contributed by atoms with Gasteiger partial charge in [-0.3, -0.25) is 9.89 Å². The van der Waals surface area contributed by atoms with Gasteiger partial charge in [0.1, 0.15) is 5.71 Å². The summed E-state index contributed by atoms with van der Waals surface area (Å²) in [6.45, 7) is 4.02. The maximum atomic E-state index is 12.4. The minimum Gasteiger partial charge on any atom is -0.272 e. The Morgan fingerprint density at radius 1 is 1.26 bits per heavy atom.